The SMILES string of the molecule is CCN(C(=O)OC(C)(C)C)C1CCC(c2c[nH]c3ccc(N=C(N)c4cccs4)cc23)C1. The van der Waals surface area contributed by atoms with Crippen molar-refractivity contribution in [2.24, 2.45) is 10.7 Å². The van der Waals surface area contributed by atoms with Gasteiger partial charge in [-0.2, -0.15) is 0 Å². The van der Waals surface area contributed by atoms with Gasteiger partial charge in [0.05, 0.1) is 10.6 Å². The third kappa shape index (κ3) is 4.83. The number of nitrogens with one attached hydrogen (secondary N) is 1. The average Bonchev–Trinajstić information content (AvgIpc) is 3.47. The number of amides is 1. The van der Waals surface area contributed by atoms with Gasteiger partial charge in [-0.15, -0.1) is 11.3 Å². The monoisotopic (exact) mass is 452 g/mol. The lowest BCUT2D eigenvalue weighted by Crippen LogP contribution is -2.42. The van der Waals surface area contributed by atoms with E-state index in [1.165, 1.54) is 10.9 Å². The summed E-state index contributed by atoms with van der Waals surface area (Å²) in [7, 11) is 0. The van der Waals surface area contributed by atoms with Crippen LogP contribution in [0.25, 0.3) is 10.9 Å². The number of rotatable bonds is 5. The second-order valence-corrected chi connectivity index (χ2v) is 10.3. The Hall–Kier alpha value is -2.80. The summed E-state index contributed by atoms with van der Waals surface area (Å²) in [4.78, 5) is 23.6. The van der Waals surface area contributed by atoms with E-state index >= 15 is 0 Å². The van der Waals surface area contributed by atoms with E-state index in [1.54, 1.807) is 11.3 Å². The Bertz CT molecular complexity index is 1110. The largest absolute Gasteiger partial charge is 0.444 e. The van der Waals surface area contributed by atoms with Gasteiger partial charge in [0.2, 0.25) is 0 Å². The number of hydrogen-bond donors (Lipinski definition) is 2. The van der Waals surface area contributed by atoms with Crippen LogP contribution in [-0.4, -0.2) is 40.0 Å². The summed E-state index contributed by atoms with van der Waals surface area (Å²) in [5.41, 5.74) is 8.94. The van der Waals surface area contributed by atoms with Crippen molar-refractivity contribution in [1.29, 1.82) is 0 Å². The molecule has 2 aromatic heterocycles. The van der Waals surface area contributed by atoms with Gasteiger partial charge in [-0.05, 0) is 88.1 Å². The molecule has 0 aliphatic heterocycles. The maximum absolute atomic E-state index is 12.7. The van der Waals surface area contributed by atoms with Crippen LogP contribution in [0.4, 0.5) is 10.5 Å². The van der Waals surface area contributed by atoms with Crippen LogP contribution in [0.1, 0.15) is 63.3 Å². The average molecular weight is 453 g/mol. The van der Waals surface area contributed by atoms with Crippen molar-refractivity contribution in [2.75, 3.05) is 6.54 Å². The maximum atomic E-state index is 12.7. The summed E-state index contributed by atoms with van der Waals surface area (Å²) in [6.45, 7) is 8.40. The van der Waals surface area contributed by atoms with Gasteiger partial charge in [-0.3, -0.25) is 0 Å². The van der Waals surface area contributed by atoms with Crippen molar-refractivity contribution in [2.45, 2.75) is 64.5 Å². The molecule has 0 spiro atoms. The molecule has 0 bridgehead atoms. The number of aliphatic imine (C=N–C) groups is 1. The highest BCUT2D eigenvalue weighted by Gasteiger charge is 2.34. The van der Waals surface area contributed by atoms with Gasteiger partial charge < -0.3 is 20.4 Å². The molecule has 0 radical (unpaired) electrons. The van der Waals surface area contributed by atoms with E-state index in [9.17, 15) is 4.79 Å². The lowest BCUT2D eigenvalue weighted by Gasteiger charge is -2.31. The van der Waals surface area contributed by atoms with Crippen LogP contribution in [0.15, 0.2) is 46.9 Å². The Morgan fingerprint density at radius 2 is 2.12 bits per heavy atom. The molecule has 1 fully saturated rings. The highest BCUT2D eigenvalue weighted by atomic mass is 32.1. The smallest absolute Gasteiger partial charge is 0.410 e. The molecule has 6 nitrogen and oxygen atoms in total. The Kier molecular flexibility index (Phi) is 6.29. The van der Waals surface area contributed by atoms with E-state index in [-0.39, 0.29) is 12.1 Å². The lowest BCUT2D eigenvalue weighted by molar-refractivity contribution is 0.0177. The molecular formula is C25H32N4O2S. The lowest BCUT2D eigenvalue weighted by atomic mass is 9.96. The van der Waals surface area contributed by atoms with Crippen LogP contribution in [0.5, 0.6) is 0 Å². The first-order valence-electron chi connectivity index (χ1n) is 11.2. The van der Waals surface area contributed by atoms with E-state index in [0.717, 1.165) is 35.3 Å². The Morgan fingerprint density at radius 3 is 2.81 bits per heavy atom. The summed E-state index contributed by atoms with van der Waals surface area (Å²) in [5, 5.41) is 3.18. The number of carbonyl (C=O) groups excluding carboxylic acids is 1. The summed E-state index contributed by atoms with van der Waals surface area (Å²) in [6, 6.07) is 10.3. The Labute approximate surface area is 193 Å². The molecule has 7 heteroatoms. The molecule has 1 aromatic carbocycles. The predicted molar refractivity (Wildman–Crippen MR) is 132 cm³/mol. The number of hydrogen-bond acceptors (Lipinski definition) is 4. The third-order valence-electron chi connectivity index (χ3n) is 5.97. The maximum Gasteiger partial charge on any atom is 0.410 e. The second kappa shape index (κ2) is 8.98. The number of aromatic amines is 1. The summed E-state index contributed by atoms with van der Waals surface area (Å²) in [5.74, 6) is 0.924. The van der Waals surface area contributed by atoms with E-state index in [0.29, 0.717) is 18.3 Å². The first-order chi connectivity index (χ1) is 15.2. The van der Waals surface area contributed by atoms with Gasteiger partial charge in [0.25, 0.3) is 0 Å². The fraction of sp³-hybridized carbons (Fsp3) is 0.440. The number of carbonyl (C=O) groups is 1. The molecule has 0 saturated heterocycles. The molecule has 32 heavy (non-hydrogen) atoms. The first-order valence-corrected chi connectivity index (χ1v) is 12.1. The van der Waals surface area contributed by atoms with Crippen molar-refractivity contribution >= 4 is 39.9 Å². The topological polar surface area (TPSA) is 83.7 Å². The molecule has 3 N–H and O–H groups in total. The molecule has 170 valence electrons. The van der Waals surface area contributed by atoms with E-state index in [1.807, 2.05) is 56.2 Å². The Balaban J connectivity index is 1.54. The zero-order valence-electron chi connectivity index (χ0n) is 19.2. The van der Waals surface area contributed by atoms with E-state index < -0.39 is 5.60 Å². The number of aromatic nitrogens is 1. The highest BCUT2D eigenvalue weighted by molar-refractivity contribution is 7.12. The molecule has 2 heterocycles. The van der Waals surface area contributed by atoms with Crippen LogP contribution >= 0.6 is 11.3 Å². The van der Waals surface area contributed by atoms with Crippen molar-refractivity contribution in [3.05, 3.63) is 52.3 Å². The fourth-order valence-electron chi connectivity index (χ4n) is 4.54. The molecule has 3 aromatic rings. The predicted octanol–water partition coefficient (Wildman–Crippen LogP) is 6.16. The number of benzene rings is 1. The van der Waals surface area contributed by atoms with Gasteiger partial charge in [-0.25, -0.2) is 9.79 Å². The minimum Gasteiger partial charge on any atom is -0.444 e. The number of thiophene rings is 1. The van der Waals surface area contributed by atoms with Crippen LogP contribution in [0, 0.1) is 0 Å². The van der Waals surface area contributed by atoms with Crippen LogP contribution in [0.3, 0.4) is 0 Å². The minimum atomic E-state index is -0.485. The first kappa shape index (κ1) is 22.4. The second-order valence-electron chi connectivity index (χ2n) is 9.38. The summed E-state index contributed by atoms with van der Waals surface area (Å²) >= 11 is 1.59. The molecule has 1 aliphatic carbocycles. The van der Waals surface area contributed by atoms with Gasteiger partial charge in [0, 0.05) is 29.7 Å². The quantitative estimate of drug-likeness (QED) is 0.359. The Morgan fingerprint density at radius 1 is 1.31 bits per heavy atom. The number of amidine groups is 1. The van der Waals surface area contributed by atoms with Gasteiger partial charge >= 0.3 is 6.09 Å². The van der Waals surface area contributed by atoms with E-state index in [2.05, 4.69) is 28.3 Å². The molecular weight excluding hydrogens is 420 g/mol. The number of nitrogens with two attached hydrogens (primary N) is 1. The summed E-state index contributed by atoms with van der Waals surface area (Å²) in [6.07, 6.45) is 4.85. The number of ether oxygens (including phenoxy) is 1. The van der Waals surface area contributed by atoms with Gasteiger partial charge in [0.15, 0.2) is 0 Å². The van der Waals surface area contributed by atoms with Gasteiger partial charge in [0.1, 0.15) is 11.4 Å². The molecule has 1 amide bonds. The number of H-pyrrole nitrogens is 1. The third-order valence-corrected chi connectivity index (χ3v) is 6.87. The van der Waals surface area contributed by atoms with Crippen molar-refractivity contribution in [1.82, 2.24) is 9.88 Å². The molecule has 1 saturated carbocycles. The van der Waals surface area contributed by atoms with Crippen molar-refractivity contribution in [3.63, 3.8) is 0 Å². The normalized spacial score (nSPS) is 19.4. The van der Waals surface area contributed by atoms with Crippen molar-refractivity contribution < 1.29 is 9.53 Å². The van der Waals surface area contributed by atoms with Gasteiger partial charge in [-0.1, -0.05) is 6.07 Å². The molecule has 2 unspecified atom stereocenters. The zero-order valence-corrected chi connectivity index (χ0v) is 20.0. The molecule has 2 atom stereocenters. The zero-order chi connectivity index (χ0) is 22.9. The highest BCUT2D eigenvalue weighted by Crippen LogP contribution is 2.41. The van der Waals surface area contributed by atoms with Crippen LogP contribution < -0.4 is 5.73 Å². The standard InChI is InChI=1S/C25H32N4O2S/c1-5-29(24(30)31-25(2,3)4)18-10-8-16(13-18)20-15-27-21-11-9-17(14-19(20)21)28-23(26)22-7-6-12-32-22/h6-7,9,11-12,14-16,18,27H,5,8,10,13H2,1-4H3,(H2,26,28). The van der Waals surface area contributed by atoms with Crippen LogP contribution in [0.2, 0.25) is 0 Å². The number of nitrogens with zero attached hydrogens (tertiary/aromatic N) is 2. The minimum absolute atomic E-state index is 0.195. The number of fused-ring (bicyclic) bond motifs is 1. The van der Waals surface area contributed by atoms with Crippen LogP contribution in [-0.2, 0) is 4.74 Å². The molecule has 1 aliphatic rings. The molecule has 4 rings (SSSR count). The van der Waals surface area contributed by atoms with Crippen molar-refractivity contribution in [3.8, 4) is 0 Å². The fourth-order valence-corrected chi connectivity index (χ4v) is 5.16. The summed E-state index contributed by atoms with van der Waals surface area (Å²) < 4.78 is 5.64. The van der Waals surface area contributed by atoms with E-state index in [4.69, 9.17) is 10.5 Å².